The van der Waals surface area contributed by atoms with E-state index in [0.717, 1.165) is 43.7 Å². The van der Waals surface area contributed by atoms with Crippen LogP contribution in [-0.2, 0) is 21.5 Å². The number of hydrogen-bond donors (Lipinski definition) is 2. The molecule has 0 bridgehead atoms. The molecule has 1 saturated heterocycles. The maximum atomic E-state index is 12.4. The Labute approximate surface area is 219 Å². The number of nitrogens with one attached hydrogen (secondary N) is 2. The highest BCUT2D eigenvalue weighted by molar-refractivity contribution is 7.80. The van der Waals surface area contributed by atoms with Crippen LogP contribution in [0.3, 0.4) is 0 Å². The van der Waals surface area contributed by atoms with Crippen molar-refractivity contribution in [3.05, 3.63) is 59.7 Å². The Balaban J connectivity index is 1.51. The fourth-order valence-corrected chi connectivity index (χ4v) is 6.07. The monoisotopic (exact) mass is 511 g/mol. The van der Waals surface area contributed by atoms with Crippen molar-refractivity contribution in [3.8, 4) is 11.5 Å². The van der Waals surface area contributed by atoms with Crippen molar-refractivity contribution in [3.63, 3.8) is 0 Å². The van der Waals surface area contributed by atoms with Crippen LogP contribution in [-0.4, -0.2) is 62.0 Å². The number of methoxy groups -OCH3 is 2. The third kappa shape index (κ3) is 5.76. The molecule has 7 nitrogen and oxygen atoms in total. The summed E-state index contributed by atoms with van der Waals surface area (Å²) >= 11 is 5.63. The predicted molar refractivity (Wildman–Crippen MR) is 144 cm³/mol. The average Bonchev–Trinajstić information content (AvgIpc) is 3.26. The highest BCUT2D eigenvalue weighted by Gasteiger charge is 2.52. The third-order valence-corrected chi connectivity index (χ3v) is 7.86. The topological polar surface area (TPSA) is 72.1 Å². The maximum absolute atomic E-state index is 12.4. The summed E-state index contributed by atoms with van der Waals surface area (Å²) in [6, 6.07) is 16.9. The van der Waals surface area contributed by atoms with E-state index in [2.05, 4.69) is 39.8 Å². The normalized spacial score (nSPS) is 23.4. The number of nitrogens with zero attached hydrogens (tertiary/aromatic N) is 1. The molecule has 0 unspecified atom stereocenters. The van der Waals surface area contributed by atoms with Gasteiger partial charge in [0.25, 0.3) is 0 Å². The Morgan fingerprint density at radius 1 is 1.11 bits per heavy atom. The number of thiocarbonyl (C=S) groups is 1. The van der Waals surface area contributed by atoms with Gasteiger partial charge in [0.2, 0.25) is 0 Å². The molecule has 1 heterocycles. The lowest BCUT2D eigenvalue weighted by molar-refractivity contribution is -0.144. The van der Waals surface area contributed by atoms with Gasteiger partial charge in [0.1, 0.15) is 0 Å². The molecule has 2 aliphatic rings. The number of likely N-dealkylation sites (tertiary alicyclic amines) is 1. The van der Waals surface area contributed by atoms with Crippen molar-refractivity contribution in [2.75, 3.05) is 33.9 Å². The molecule has 2 aromatic carbocycles. The fourth-order valence-electron chi connectivity index (χ4n) is 5.83. The lowest BCUT2D eigenvalue weighted by Crippen LogP contribution is -2.54. The Morgan fingerprint density at radius 3 is 2.61 bits per heavy atom. The molecule has 36 heavy (non-hydrogen) atoms. The van der Waals surface area contributed by atoms with Crippen molar-refractivity contribution < 1.29 is 19.0 Å². The highest BCUT2D eigenvalue weighted by Crippen LogP contribution is 2.50. The first kappa shape index (κ1) is 26.2. The van der Waals surface area contributed by atoms with Crippen molar-refractivity contribution >= 4 is 23.3 Å². The van der Waals surface area contributed by atoms with E-state index in [1.165, 1.54) is 11.1 Å². The molecule has 0 aromatic heterocycles. The molecule has 3 atom stereocenters. The van der Waals surface area contributed by atoms with Crippen molar-refractivity contribution in [1.29, 1.82) is 0 Å². The first-order valence-electron chi connectivity index (χ1n) is 12.7. The van der Waals surface area contributed by atoms with Crippen molar-refractivity contribution in [2.45, 2.75) is 56.7 Å². The van der Waals surface area contributed by atoms with Gasteiger partial charge in [-0.1, -0.05) is 36.4 Å². The van der Waals surface area contributed by atoms with Gasteiger partial charge in [-0.2, -0.15) is 0 Å². The predicted octanol–water partition coefficient (Wildman–Crippen LogP) is 3.80. The molecule has 2 aromatic rings. The molecular weight excluding hydrogens is 474 g/mol. The first-order valence-corrected chi connectivity index (χ1v) is 13.1. The third-order valence-electron chi connectivity index (χ3n) is 7.60. The van der Waals surface area contributed by atoms with Gasteiger partial charge in [-0.3, -0.25) is 9.69 Å². The SMILES string of the molecule is CCOC(=O)CN1CC[C@]2(c3ccc(OC)c(OC)c3)CC[C@@H](NC(=S)NCc3ccccc3)C[C@H]12. The molecule has 194 valence electrons. The largest absolute Gasteiger partial charge is 0.493 e. The minimum Gasteiger partial charge on any atom is -0.493 e. The molecule has 4 rings (SSSR count). The Kier molecular flexibility index (Phi) is 8.69. The van der Waals surface area contributed by atoms with Crippen molar-refractivity contribution in [2.24, 2.45) is 0 Å². The van der Waals surface area contributed by atoms with E-state index >= 15 is 0 Å². The van der Waals surface area contributed by atoms with Gasteiger partial charge in [-0.15, -0.1) is 0 Å². The van der Waals surface area contributed by atoms with Crippen LogP contribution in [0.4, 0.5) is 0 Å². The van der Waals surface area contributed by atoms with Gasteiger partial charge >= 0.3 is 5.97 Å². The van der Waals surface area contributed by atoms with Gasteiger partial charge in [-0.25, -0.2) is 0 Å². The lowest BCUT2D eigenvalue weighted by atomic mass is 9.65. The van der Waals surface area contributed by atoms with Crippen LogP contribution in [0.25, 0.3) is 0 Å². The van der Waals surface area contributed by atoms with E-state index in [-0.39, 0.29) is 23.5 Å². The van der Waals surface area contributed by atoms with Gasteiger partial charge in [0.15, 0.2) is 16.6 Å². The molecular formula is C28H37N3O4S. The summed E-state index contributed by atoms with van der Waals surface area (Å²) in [5, 5.41) is 7.54. The summed E-state index contributed by atoms with van der Waals surface area (Å²) in [5.74, 6) is 1.29. The molecule has 0 spiro atoms. The number of benzene rings is 2. The minimum absolute atomic E-state index is 0.0662. The standard InChI is InChI=1S/C28H37N3O4S/c1-4-35-26(32)19-31-15-14-28(21-10-11-23(33-2)24(16-21)34-3)13-12-22(17-25(28)31)30-27(36)29-18-20-8-6-5-7-9-20/h5-11,16,22,25H,4,12-15,17-19H2,1-3H3,(H2,29,30,36)/t22-,25+,28+/m1/s1. The summed E-state index contributed by atoms with van der Waals surface area (Å²) in [6.45, 7) is 4.08. The maximum Gasteiger partial charge on any atom is 0.320 e. The zero-order valence-corrected chi connectivity index (χ0v) is 22.2. The molecule has 2 fully saturated rings. The van der Waals surface area contributed by atoms with E-state index in [1.54, 1.807) is 14.2 Å². The Hall–Kier alpha value is -2.84. The summed E-state index contributed by atoms with van der Waals surface area (Å²) < 4.78 is 16.4. The minimum atomic E-state index is -0.171. The number of ether oxygens (including phenoxy) is 3. The zero-order chi connectivity index (χ0) is 25.5. The lowest BCUT2D eigenvalue weighted by Gasteiger charge is -2.45. The smallest absolute Gasteiger partial charge is 0.320 e. The zero-order valence-electron chi connectivity index (χ0n) is 21.4. The van der Waals surface area contributed by atoms with Crippen LogP contribution < -0.4 is 20.1 Å². The number of carbonyl (C=O) groups is 1. The number of hydrogen-bond acceptors (Lipinski definition) is 6. The Bertz CT molecular complexity index is 1050. The van der Waals surface area contributed by atoms with Crippen LogP contribution >= 0.6 is 12.2 Å². The second kappa shape index (κ2) is 11.9. The number of fused-ring (bicyclic) bond motifs is 1. The Morgan fingerprint density at radius 2 is 1.89 bits per heavy atom. The van der Waals surface area contributed by atoms with Crippen LogP contribution in [0.1, 0.15) is 43.7 Å². The summed E-state index contributed by atoms with van der Waals surface area (Å²) in [6.07, 6.45) is 3.85. The fraction of sp³-hybridized carbons (Fsp3) is 0.500. The second-order valence-electron chi connectivity index (χ2n) is 9.55. The number of rotatable bonds is 9. The van der Waals surface area contributed by atoms with Gasteiger partial charge in [0.05, 0.1) is 27.4 Å². The van der Waals surface area contributed by atoms with Gasteiger partial charge in [-0.05, 0) is 74.6 Å². The molecule has 1 saturated carbocycles. The van der Waals surface area contributed by atoms with E-state index in [1.807, 2.05) is 31.2 Å². The summed E-state index contributed by atoms with van der Waals surface area (Å²) in [4.78, 5) is 14.7. The molecule has 0 radical (unpaired) electrons. The van der Waals surface area contributed by atoms with Gasteiger partial charge < -0.3 is 24.8 Å². The molecule has 0 amide bonds. The van der Waals surface area contributed by atoms with E-state index in [0.29, 0.717) is 24.8 Å². The van der Waals surface area contributed by atoms with Gasteiger partial charge in [0, 0.05) is 24.0 Å². The number of carbonyl (C=O) groups excluding carboxylic acids is 1. The number of esters is 1. The van der Waals surface area contributed by atoms with E-state index in [4.69, 9.17) is 26.4 Å². The molecule has 1 aliphatic carbocycles. The second-order valence-corrected chi connectivity index (χ2v) is 9.96. The van der Waals surface area contributed by atoms with Crippen molar-refractivity contribution in [1.82, 2.24) is 15.5 Å². The first-order chi connectivity index (χ1) is 17.5. The van der Waals surface area contributed by atoms with Crippen LogP contribution in [0.5, 0.6) is 11.5 Å². The highest BCUT2D eigenvalue weighted by atomic mass is 32.1. The quantitative estimate of drug-likeness (QED) is 0.389. The van der Waals surface area contributed by atoms with Crippen LogP contribution in [0.15, 0.2) is 48.5 Å². The van der Waals surface area contributed by atoms with E-state index < -0.39 is 0 Å². The average molecular weight is 512 g/mol. The summed E-state index contributed by atoms with van der Waals surface area (Å²) in [5.41, 5.74) is 2.36. The molecule has 1 aliphatic heterocycles. The van der Waals surface area contributed by atoms with Crippen LogP contribution in [0.2, 0.25) is 0 Å². The van der Waals surface area contributed by atoms with E-state index in [9.17, 15) is 4.79 Å². The summed E-state index contributed by atoms with van der Waals surface area (Å²) in [7, 11) is 3.32. The molecule has 2 N–H and O–H groups in total. The molecule has 8 heteroatoms. The van der Waals surface area contributed by atoms with Crippen LogP contribution in [0, 0.1) is 0 Å².